The van der Waals surface area contributed by atoms with E-state index in [-0.39, 0.29) is 22.3 Å². The van der Waals surface area contributed by atoms with E-state index in [1.54, 1.807) is 25.4 Å². The zero-order chi connectivity index (χ0) is 16.7. The highest BCUT2D eigenvalue weighted by Gasteiger charge is 2.50. The van der Waals surface area contributed by atoms with Crippen LogP contribution in [0.2, 0.25) is 0 Å². The van der Waals surface area contributed by atoms with Crippen molar-refractivity contribution in [2.24, 2.45) is 5.41 Å². The molecule has 1 saturated carbocycles. The summed E-state index contributed by atoms with van der Waals surface area (Å²) in [5.74, 6) is 0.172. The zero-order valence-electron chi connectivity index (χ0n) is 13.6. The van der Waals surface area contributed by atoms with Gasteiger partial charge in [-0.1, -0.05) is 6.42 Å². The quantitative estimate of drug-likeness (QED) is 0.835. The van der Waals surface area contributed by atoms with Gasteiger partial charge in [0.05, 0.1) is 0 Å². The molecule has 2 unspecified atom stereocenters. The summed E-state index contributed by atoms with van der Waals surface area (Å²) >= 11 is 0. The number of rotatable bonds is 4. The summed E-state index contributed by atoms with van der Waals surface area (Å²) in [5, 5.41) is 0. The highest BCUT2D eigenvalue weighted by molar-refractivity contribution is 7.89. The lowest BCUT2D eigenvalue weighted by atomic mass is 9.75. The van der Waals surface area contributed by atoms with E-state index in [1.165, 1.54) is 10.5 Å². The molecule has 6 nitrogen and oxygen atoms in total. The third-order valence-corrected chi connectivity index (χ3v) is 7.22. The van der Waals surface area contributed by atoms with Gasteiger partial charge in [-0.3, -0.25) is 9.78 Å². The van der Waals surface area contributed by atoms with Gasteiger partial charge in [-0.25, -0.2) is 12.7 Å². The second kappa shape index (κ2) is 5.87. The Kier molecular flexibility index (Phi) is 4.18. The van der Waals surface area contributed by atoms with Gasteiger partial charge >= 0.3 is 0 Å². The minimum Gasteiger partial charge on any atom is -0.342 e. The Labute approximate surface area is 137 Å². The van der Waals surface area contributed by atoms with Crippen molar-refractivity contribution in [3.05, 3.63) is 24.5 Å². The Morgan fingerprint density at radius 3 is 2.91 bits per heavy atom. The molecule has 2 aliphatic rings. The molecule has 7 heteroatoms. The van der Waals surface area contributed by atoms with Gasteiger partial charge < -0.3 is 4.90 Å². The number of fused-ring (bicyclic) bond motifs is 1. The van der Waals surface area contributed by atoms with E-state index >= 15 is 0 Å². The van der Waals surface area contributed by atoms with Crippen LogP contribution in [0.3, 0.4) is 0 Å². The average Bonchev–Trinajstić information content (AvgIpc) is 2.96. The molecule has 2 atom stereocenters. The normalized spacial score (nSPS) is 28.2. The number of hydrogen-bond acceptors (Lipinski definition) is 4. The van der Waals surface area contributed by atoms with Crippen LogP contribution in [0.4, 0.5) is 0 Å². The van der Waals surface area contributed by atoms with Crippen LogP contribution >= 0.6 is 0 Å². The fourth-order valence-corrected chi connectivity index (χ4v) is 5.43. The van der Waals surface area contributed by atoms with E-state index in [9.17, 15) is 13.2 Å². The number of amides is 1. The summed E-state index contributed by atoms with van der Waals surface area (Å²) in [7, 11) is -0.0689. The van der Waals surface area contributed by atoms with E-state index < -0.39 is 10.0 Å². The van der Waals surface area contributed by atoms with Gasteiger partial charge in [-0.05, 0) is 31.4 Å². The zero-order valence-corrected chi connectivity index (χ0v) is 14.4. The fraction of sp³-hybridized carbons (Fsp3) is 0.625. The molecule has 0 N–H and O–H groups in total. The molecule has 1 saturated heterocycles. The van der Waals surface area contributed by atoms with Gasteiger partial charge in [0.1, 0.15) is 4.90 Å². The van der Waals surface area contributed by atoms with Crippen LogP contribution in [0.25, 0.3) is 0 Å². The molecule has 0 spiro atoms. The molecule has 0 radical (unpaired) electrons. The van der Waals surface area contributed by atoms with Crippen molar-refractivity contribution >= 4 is 15.9 Å². The summed E-state index contributed by atoms with van der Waals surface area (Å²) in [6, 6.07) is 3.35. The monoisotopic (exact) mass is 337 g/mol. The Hall–Kier alpha value is -1.47. The first-order valence-corrected chi connectivity index (χ1v) is 9.43. The molecule has 1 amide bonds. The van der Waals surface area contributed by atoms with Crippen molar-refractivity contribution in [1.82, 2.24) is 14.2 Å². The Morgan fingerprint density at radius 1 is 1.43 bits per heavy atom. The number of carbonyl (C=O) groups excluding carboxylic acids is 1. The maximum Gasteiger partial charge on any atom is 0.244 e. The molecule has 23 heavy (non-hydrogen) atoms. The molecule has 0 aromatic carbocycles. The highest BCUT2D eigenvalue weighted by atomic mass is 32.2. The first-order chi connectivity index (χ1) is 10.9. The van der Waals surface area contributed by atoms with Crippen LogP contribution in [-0.2, 0) is 14.8 Å². The van der Waals surface area contributed by atoms with Crippen molar-refractivity contribution in [3.63, 3.8) is 0 Å². The topological polar surface area (TPSA) is 70.6 Å². The lowest BCUT2D eigenvalue weighted by Crippen LogP contribution is -2.54. The van der Waals surface area contributed by atoms with Crippen LogP contribution < -0.4 is 0 Å². The molecular weight excluding hydrogens is 314 g/mol. The van der Waals surface area contributed by atoms with E-state index in [0.29, 0.717) is 13.0 Å². The summed E-state index contributed by atoms with van der Waals surface area (Å²) in [5.41, 5.74) is -0.118. The Balaban J connectivity index is 1.84. The Morgan fingerprint density at radius 2 is 2.22 bits per heavy atom. The van der Waals surface area contributed by atoms with E-state index in [4.69, 9.17) is 0 Å². The van der Waals surface area contributed by atoms with E-state index in [2.05, 4.69) is 4.98 Å². The Bertz CT molecular complexity index is 692. The van der Waals surface area contributed by atoms with Gasteiger partial charge in [0.15, 0.2) is 0 Å². The third kappa shape index (κ3) is 2.76. The molecule has 3 rings (SSSR count). The number of likely N-dealkylation sites (tertiary alicyclic amines) is 1. The van der Waals surface area contributed by atoms with Crippen molar-refractivity contribution in [2.75, 3.05) is 20.6 Å². The molecule has 1 aromatic rings. The lowest BCUT2D eigenvalue weighted by Gasteiger charge is -2.46. The van der Waals surface area contributed by atoms with Crippen LogP contribution in [-0.4, -0.2) is 55.2 Å². The molecule has 1 aliphatic heterocycles. The number of sulfonamides is 1. The summed E-state index contributed by atoms with van der Waals surface area (Å²) < 4.78 is 26.9. The predicted molar refractivity (Wildman–Crippen MR) is 86.1 cm³/mol. The number of hydrogen-bond donors (Lipinski definition) is 0. The number of piperidine rings is 1. The maximum absolute atomic E-state index is 12.7. The average molecular weight is 337 g/mol. The van der Waals surface area contributed by atoms with E-state index in [0.717, 1.165) is 25.7 Å². The number of aromatic nitrogens is 1. The van der Waals surface area contributed by atoms with Crippen LogP contribution in [0.1, 0.15) is 32.1 Å². The number of nitrogens with zero attached hydrogens (tertiary/aromatic N) is 3. The maximum atomic E-state index is 12.7. The molecule has 1 aromatic heterocycles. The van der Waals surface area contributed by atoms with Crippen molar-refractivity contribution < 1.29 is 13.2 Å². The van der Waals surface area contributed by atoms with Crippen LogP contribution in [0.15, 0.2) is 29.4 Å². The van der Waals surface area contributed by atoms with Crippen molar-refractivity contribution in [2.45, 2.75) is 43.0 Å². The minimum absolute atomic E-state index is 0.118. The van der Waals surface area contributed by atoms with Crippen molar-refractivity contribution in [3.8, 4) is 0 Å². The largest absolute Gasteiger partial charge is 0.342 e. The van der Waals surface area contributed by atoms with Crippen molar-refractivity contribution in [1.29, 1.82) is 0 Å². The minimum atomic E-state index is -3.55. The second-order valence-electron chi connectivity index (χ2n) is 6.72. The standard InChI is InChI=1S/C16H23N3O3S/c1-18(23(21,22)13-5-4-10-17-11-13)12-16-8-3-6-14(16)19(2)15(20)7-9-16/h4-5,10-11,14H,3,6-9,12H2,1-2H3. The van der Waals surface area contributed by atoms with E-state index in [1.807, 2.05) is 11.9 Å². The summed E-state index contributed by atoms with van der Waals surface area (Å²) in [4.78, 5) is 17.9. The van der Waals surface area contributed by atoms with Gasteiger partial charge in [-0.15, -0.1) is 0 Å². The number of carbonyl (C=O) groups is 1. The first kappa shape index (κ1) is 16.4. The predicted octanol–water partition coefficient (Wildman–Crippen LogP) is 1.49. The second-order valence-corrected chi connectivity index (χ2v) is 8.77. The molecule has 126 valence electrons. The van der Waals surface area contributed by atoms with Gasteiger partial charge in [0, 0.05) is 50.9 Å². The lowest BCUT2D eigenvalue weighted by molar-refractivity contribution is -0.139. The number of pyridine rings is 1. The van der Waals surface area contributed by atoms with Gasteiger partial charge in [0.2, 0.25) is 15.9 Å². The molecule has 0 bridgehead atoms. The van der Waals surface area contributed by atoms with Gasteiger partial charge in [-0.2, -0.15) is 0 Å². The molecule has 1 aliphatic carbocycles. The first-order valence-electron chi connectivity index (χ1n) is 7.99. The highest BCUT2D eigenvalue weighted by Crippen LogP contribution is 2.48. The van der Waals surface area contributed by atoms with Gasteiger partial charge in [0.25, 0.3) is 0 Å². The van der Waals surface area contributed by atoms with Crippen LogP contribution in [0, 0.1) is 5.41 Å². The third-order valence-electron chi connectivity index (χ3n) is 5.44. The summed E-state index contributed by atoms with van der Waals surface area (Å²) in [6.07, 6.45) is 7.20. The summed E-state index contributed by atoms with van der Waals surface area (Å²) in [6.45, 7) is 0.451. The fourth-order valence-electron chi connectivity index (χ4n) is 4.19. The smallest absolute Gasteiger partial charge is 0.244 e. The molecular formula is C16H23N3O3S. The SMILES string of the molecule is CN1C(=O)CCC2(CN(C)S(=O)(=O)c3cccnc3)CCCC12. The van der Waals surface area contributed by atoms with Crippen LogP contribution in [0.5, 0.6) is 0 Å². The molecule has 2 fully saturated rings. The molecule has 2 heterocycles.